The van der Waals surface area contributed by atoms with Crippen LogP contribution < -0.4 is 5.32 Å². The Morgan fingerprint density at radius 3 is 2.79 bits per heavy atom. The SMILES string of the molecule is Fc1cccc(C2CCCCN2)c1F. The minimum atomic E-state index is -0.755. The van der Waals surface area contributed by atoms with Gasteiger partial charge in [0.2, 0.25) is 0 Å². The van der Waals surface area contributed by atoms with Gasteiger partial charge in [-0.05, 0) is 25.5 Å². The van der Waals surface area contributed by atoms with Crippen molar-refractivity contribution in [2.45, 2.75) is 25.3 Å². The van der Waals surface area contributed by atoms with Gasteiger partial charge in [-0.3, -0.25) is 0 Å². The number of halogens is 2. The van der Waals surface area contributed by atoms with Gasteiger partial charge in [-0.25, -0.2) is 8.78 Å². The average Bonchev–Trinajstić information content (AvgIpc) is 2.23. The van der Waals surface area contributed by atoms with Crippen LogP contribution in [0.25, 0.3) is 0 Å². The van der Waals surface area contributed by atoms with E-state index in [9.17, 15) is 8.78 Å². The van der Waals surface area contributed by atoms with Crippen molar-refractivity contribution in [2.24, 2.45) is 0 Å². The zero-order chi connectivity index (χ0) is 9.97. The van der Waals surface area contributed by atoms with Crippen LogP contribution in [0, 0.1) is 11.6 Å². The Kier molecular flexibility index (Phi) is 2.77. The third-order valence-electron chi connectivity index (χ3n) is 2.67. The molecular formula is C11H13F2N. The molecule has 1 saturated heterocycles. The second-order valence-corrected chi connectivity index (χ2v) is 3.65. The quantitative estimate of drug-likeness (QED) is 0.730. The molecule has 2 rings (SSSR count). The van der Waals surface area contributed by atoms with E-state index in [1.165, 1.54) is 0 Å². The Balaban J connectivity index is 2.26. The van der Waals surface area contributed by atoms with E-state index in [0.29, 0.717) is 5.56 Å². The highest BCUT2D eigenvalue weighted by atomic mass is 19.2. The molecule has 1 fully saturated rings. The van der Waals surface area contributed by atoms with Crippen molar-refractivity contribution in [1.29, 1.82) is 0 Å². The molecule has 0 radical (unpaired) electrons. The predicted molar refractivity (Wildman–Crippen MR) is 51.0 cm³/mol. The molecule has 1 unspecified atom stereocenters. The van der Waals surface area contributed by atoms with Gasteiger partial charge >= 0.3 is 0 Å². The summed E-state index contributed by atoms with van der Waals surface area (Å²) in [6.45, 7) is 0.890. The lowest BCUT2D eigenvalue weighted by atomic mass is 9.97. The van der Waals surface area contributed by atoms with E-state index in [1.807, 2.05) is 0 Å². The summed E-state index contributed by atoms with van der Waals surface area (Å²) in [5.41, 5.74) is 0.463. The van der Waals surface area contributed by atoms with Gasteiger partial charge < -0.3 is 5.32 Å². The van der Waals surface area contributed by atoms with E-state index in [1.54, 1.807) is 12.1 Å². The summed E-state index contributed by atoms with van der Waals surface area (Å²) in [5.74, 6) is -1.46. The Morgan fingerprint density at radius 2 is 2.07 bits per heavy atom. The molecule has 0 amide bonds. The average molecular weight is 197 g/mol. The lowest BCUT2D eigenvalue weighted by Crippen LogP contribution is -2.27. The van der Waals surface area contributed by atoms with Gasteiger partial charge in [0.05, 0.1) is 0 Å². The Labute approximate surface area is 82.1 Å². The maximum Gasteiger partial charge on any atom is 0.163 e. The first kappa shape index (κ1) is 9.59. The third kappa shape index (κ3) is 1.77. The monoisotopic (exact) mass is 197 g/mol. The summed E-state index contributed by atoms with van der Waals surface area (Å²) in [6.07, 6.45) is 3.08. The summed E-state index contributed by atoms with van der Waals surface area (Å²) in [7, 11) is 0. The minimum Gasteiger partial charge on any atom is -0.310 e. The van der Waals surface area contributed by atoms with Gasteiger partial charge in [-0.15, -0.1) is 0 Å². The summed E-state index contributed by atoms with van der Waals surface area (Å²) >= 11 is 0. The molecule has 14 heavy (non-hydrogen) atoms. The summed E-state index contributed by atoms with van der Waals surface area (Å²) in [6, 6.07) is 4.35. The maximum atomic E-state index is 13.4. The van der Waals surface area contributed by atoms with E-state index >= 15 is 0 Å². The van der Waals surface area contributed by atoms with Crippen molar-refractivity contribution in [3.63, 3.8) is 0 Å². The van der Waals surface area contributed by atoms with E-state index in [2.05, 4.69) is 5.32 Å². The molecule has 1 aliphatic rings. The van der Waals surface area contributed by atoms with Crippen molar-refractivity contribution in [3.8, 4) is 0 Å². The number of rotatable bonds is 1. The molecule has 1 aromatic rings. The van der Waals surface area contributed by atoms with E-state index in [4.69, 9.17) is 0 Å². The normalized spacial score (nSPS) is 22.3. The van der Waals surface area contributed by atoms with Crippen LogP contribution in [0.2, 0.25) is 0 Å². The van der Waals surface area contributed by atoms with Crippen LogP contribution in [-0.4, -0.2) is 6.54 Å². The summed E-state index contributed by atoms with van der Waals surface area (Å²) in [5, 5.41) is 3.20. The molecule has 0 aromatic heterocycles. The van der Waals surface area contributed by atoms with Crippen molar-refractivity contribution in [2.75, 3.05) is 6.54 Å². The highest BCUT2D eigenvalue weighted by Gasteiger charge is 2.19. The van der Waals surface area contributed by atoms with Crippen LogP contribution in [0.3, 0.4) is 0 Å². The number of hydrogen-bond donors (Lipinski definition) is 1. The zero-order valence-electron chi connectivity index (χ0n) is 7.89. The first-order valence-electron chi connectivity index (χ1n) is 4.96. The number of piperidine rings is 1. The first-order chi connectivity index (χ1) is 6.79. The van der Waals surface area contributed by atoms with E-state index in [-0.39, 0.29) is 6.04 Å². The van der Waals surface area contributed by atoms with Crippen molar-refractivity contribution in [1.82, 2.24) is 5.32 Å². The molecule has 76 valence electrons. The molecular weight excluding hydrogens is 184 g/mol. The summed E-state index contributed by atoms with van der Waals surface area (Å²) in [4.78, 5) is 0. The van der Waals surface area contributed by atoms with Crippen molar-refractivity contribution < 1.29 is 8.78 Å². The van der Waals surface area contributed by atoms with Gasteiger partial charge in [-0.2, -0.15) is 0 Å². The van der Waals surface area contributed by atoms with Crippen LogP contribution in [-0.2, 0) is 0 Å². The largest absolute Gasteiger partial charge is 0.310 e. The molecule has 1 aliphatic heterocycles. The lowest BCUT2D eigenvalue weighted by Gasteiger charge is -2.24. The van der Waals surface area contributed by atoms with Gasteiger partial charge in [0, 0.05) is 11.6 Å². The molecule has 1 heterocycles. The molecule has 0 bridgehead atoms. The fourth-order valence-electron chi connectivity index (χ4n) is 1.91. The molecule has 0 aliphatic carbocycles. The molecule has 1 atom stereocenters. The molecule has 0 spiro atoms. The molecule has 1 aromatic carbocycles. The topological polar surface area (TPSA) is 12.0 Å². The highest BCUT2D eigenvalue weighted by Crippen LogP contribution is 2.25. The van der Waals surface area contributed by atoms with Gasteiger partial charge in [0.25, 0.3) is 0 Å². The standard InChI is InChI=1S/C11H13F2N/c12-9-5-3-4-8(11(9)13)10-6-1-2-7-14-10/h3-5,10,14H,1-2,6-7H2. The van der Waals surface area contributed by atoms with Crippen LogP contribution in [0.1, 0.15) is 30.9 Å². The first-order valence-corrected chi connectivity index (χ1v) is 4.96. The van der Waals surface area contributed by atoms with Crippen molar-refractivity contribution >= 4 is 0 Å². The Morgan fingerprint density at radius 1 is 1.21 bits per heavy atom. The second kappa shape index (κ2) is 4.05. The van der Waals surface area contributed by atoms with Gasteiger partial charge in [-0.1, -0.05) is 18.6 Å². The second-order valence-electron chi connectivity index (χ2n) is 3.65. The fraction of sp³-hybridized carbons (Fsp3) is 0.455. The van der Waals surface area contributed by atoms with Crippen LogP contribution >= 0.6 is 0 Å². The van der Waals surface area contributed by atoms with Gasteiger partial charge in [0.1, 0.15) is 0 Å². The predicted octanol–water partition coefficient (Wildman–Crippen LogP) is 2.78. The Hall–Kier alpha value is -0.960. The summed E-state index contributed by atoms with van der Waals surface area (Å²) < 4.78 is 26.3. The highest BCUT2D eigenvalue weighted by molar-refractivity contribution is 5.22. The van der Waals surface area contributed by atoms with Crippen LogP contribution in [0.15, 0.2) is 18.2 Å². The van der Waals surface area contributed by atoms with E-state index in [0.717, 1.165) is 31.9 Å². The van der Waals surface area contributed by atoms with Crippen LogP contribution in [0.4, 0.5) is 8.78 Å². The lowest BCUT2D eigenvalue weighted by molar-refractivity contribution is 0.391. The number of nitrogens with one attached hydrogen (secondary N) is 1. The number of benzene rings is 1. The van der Waals surface area contributed by atoms with Crippen LogP contribution in [0.5, 0.6) is 0 Å². The zero-order valence-corrected chi connectivity index (χ0v) is 7.89. The van der Waals surface area contributed by atoms with Crippen molar-refractivity contribution in [3.05, 3.63) is 35.4 Å². The molecule has 1 N–H and O–H groups in total. The maximum absolute atomic E-state index is 13.4. The van der Waals surface area contributed by atoms with E-state index < -0.39 is 11.6 Å². The molecule has 1 nitrogen and oxygen atoms in total. The fourth-order valence-corrected chi connectivity index (χ4v) is 1.91. The van der Waals surface area contributed by atoms with Gasteiger partial charge in [0.15, 0.2) is 11.6 Å². The number of hydrogen-bond acceptors (Lipinski definition) is 1. The Bertz CT molecular complexity index is 319. The third-order valence-corrected chi connectivity index (χ3v) is 2.67. The minimum absolute atomic E-state index is 0.0144. The molecule has 3 heteroatoms. The molecule has 0 saturated carbocycles. The smallest absolute Gasteiger partial charge is 0.163 e.